The lowest BCUT2D eigenvalue weighted by Gasteiger charge is -2.26. The van der Waals surface area contributed by atoms with E-state index in [9.17, 15) is 0 Å². The molecule has 136 valence electrons. The van der Waals surface area contributed by atoms with Crippen molar-refractivity contribution in [1.29, 1.82) is 0 Å². The molecule has 0 spiro atoms. The van der Waals surface area contributed by atoms with Gasteiger partial charge in [-0.2, -0.15) is 0 Å². The second-order valence-electron chi connectivity index (χ2n) is 7.34. The van der Waals surface area contributed by atoms with Gasteiger partial charge in [-0.05, 0) is 54.9 Å². The molecule has 2 aliphatic heterocycles. The number of methoxy groups -OCH3 is 1. The molecule has 26 heavy (non-hydrogen) atoms. The molecule has 0 amide bonds. The Labute approximate surface area is 157 Å². The number of hydrogen-bond acceptors (Lipinski definition) is 5. The second-order valence-corrected chi connectivity index (χ2v) is 7.70. The Bertz CT molecular complexity index is 853. The first-order chi connectivity index (χ1) is 12.7. The summed E-state index contributed by atoms with van der Waals surface area (Å²) in [5, 5.41) is 9.15. The first-order valence-electron chi connectivity index (χ1n) is 9.21. The predicted molar refractivity (Wildman–Crippen MR) is 97.5 cm³/mol. The fourth-order valence-corrected chi connectivity index (χ4v) is 4.43. The molecule has 6 heteroatoms. The molecular weight excluding hydrogens is 352 g/mol. The summed E-state index contributed by atoms with van der Waals surface area (Å²) in [5.74, 6) is 1.46. The Hall–Kier alpha value is -1.69. The zero-order valence-electron chi connectivity index (χ0n) is 14.7. The van der Waals surface area contributed by atoms with Gasteiger partial charge in [0.05, 0.1) is 12.2 Å². The Balaban J connectivity index is 1.63. The number of ether oxygens (including phenoxy) is 3. The maximum Gasteiger partial charge on any atom is 0.188 e. The van der Waals surface area contributed by atoms with Gasteiger partial charge in [0.25, 0.3) is 0 Å². The maximum atomic E-state index is 6.39. The molecule has 2 atom stereocenters. The van der Waals surface area contributed by atoms with Gasteiger partial charge in [0.15, 0.2) is 11.9 Å². The van der Waals surface area contributed by atoms with Crippen LogP contribution in [0.1, 0.15) is 54.4 Å². The fraction of sp³-hybridized carbons (Fsp3) is 0.500. The number of fused-ring (bicyclic) bond motifs is 4. The lowest BCUT2D eigenvalue weighted by atomic mass is 9.94. The van der Waals surface area contributed by atoms with Crippen molar-refractivity contribution in [2.45, 2.75) is 50.2 Å². The summed E-state index contributed by atoms with van der Waals surface area (Å²) in [4.78, 5) is 0. The molecule has 2 fully saturated rings. The van der Waals surface area contributed by atoms with Gasteiger partial charge < -0.3 is 14.2 Å². The van der Waals surface area contributed by atoms with Crippen LogP contribution in [0.4, 0.5) is 0 Å². The number of aromatic nitrogens is 2. The number of benzene rings is 1. The zero-order valence-corrected chi connectivity index (χ0v) is 15.5. The highest BCUT2D eigenvalue weighted by atomic mass is 35.5. The first-order valence-corrected chi connectivity index (χ1v) is 9.59. The predicted octanol–water partition coefficient (Wildman–Crippen LogP) is 4.43. The third kappa shape index (κ3) is 2.79. The minimum atomic E-state index is 0.0413. The summed E-state index contributed by atoms with van der Waals surface area (Å²) in [6, 6.07) is 6.42. The average molecular weight is 373 g/mol. The zero-order chi connectivity index (χ0) is 17.7. The van der Waals surface area contributed by atoms with Crippen LogP contribution >= 0.6 is 11.6 Å². The Kier molecular flexibility index (Phi) is 4.11. The van der Waals surface area contributed by atoms with Gasteiger partial charge in [-0.15, -0.1) is 10.2 Å². The monoisotopic (exact) mass is 372 g/mol. The van der Waals surface area contributed by atoms with Crippen molar-refractivity contribution >= 4 is 11.6 Å². The van der Waals surface area contributed by atoms with Crippen molar-refractivity contribution < 1.29 is 14.2 Å². The van der Waals surface area contributed by atoms with Crippen LogP contribution < -0.4 is 4.74 Å². The van der Waals surface area contributed by atoms with Crippen LogP contribution in [0.3, 0.4) is 0 Å². The summed E-state index contributed by atoms with van der Waals surface area (Å²) >= 11 is 6.39. The largest absolute Gasteiger partial charge is 0.467 e. The molecule has 0 N–H and O–H groups in total. The van der Waals surface area contributed by atoms with Gasteiger partial charge in [0, 0.05) is 24.7 Å². The van der Waals surface area contributed by atoms with Crippen molar-refractivity contribution in [2.75, 3.05) is 13.9 Å². The standard InChI is InChI=1S/C20H21ClN2O3/c1-24-10-25-17-8-12(11-2-3-11)4-6-14(17)19-15-9-13-5-7-16(26-13)18(15)20(21)23-22-19/h4,6,8,11,13,16H,2-3,5,7,9-10H2,1H3. The van der Waals surface area contributed by atoms with Crippen LogP contribution in [0.5, 0.6) is 5.75 Å². The number of halogens is 1. The van der Waals surface area contributed by atoms with Crippen molar-refractivity contribution in [3.8, 4) is 17.0 Å². The molecule has 1 saturated heterocycles. The first kappa shape index (κ1) is 16.5. The maximum absolute atomic E-state index is 6.39. The van der Waals surface area contributed by atoms with Crippen LogP contribution in [0.2, 0.25) is 5.15 Å². The van der Waals surface area contributed by atoms with Crippen molar-refractivity contribution in [1.82, 2.24) is 10.2 Å². The molecule has 1 saturated carbocycles. The van der Waals surface area contributed by atoms with E-state index in [-0.39, 0.29) is 19.0 Å². The summed E-state index contributed by atoms with van der Waals surface area (Å²) in [5.41, 5.74) is 5.30. The van der Waals surface area contributed by atoms with E-state index in [4.69, 9.17) is 25.8 Å². The molecule has 1 aliphatic carbocycles. The number of rotatable bonds is 5. The van der Waals surface area contributed by atoms with E-state index >= 15 is 0 Å². The van der Waals surface area contributed by atoms with E-state index in [1.165, 1.54) is 18.4 Å². The van der Waals surface area contributed by atoms with Gasteiger partial charge in [-0.1, -0.05) is 17.7 Å². The third-order valence-electron chi connectivity index (χ3n) is 5.57. The Morgan fingerprint density at radius 2 is 2.08 bits per heavy atom. The van der Waals surface area contributed by atoms with Crippen LogP contribution in [-0.2, 0) is 15.9 Å². The van der Waals surface area contributed by atoms with Gasteiger partial charge in [-0.25, -0.2) is 0 Å². The normalized spacial score (nSPS) is 23.8. The van der Waals surface area contributed by atoms with E-state index in [1.54, 1.807) is 7.11 Å². The fourth-order valence-electron chi connectivity index (χ4n) is 4.15. The van der Waals surface area contributed by atoms with Gasteiger partial charge in [-0.3, -0.25) is 0 Å². The van der Waals surface area contributed by atoms with Crippen molar-refractivity contribution in [3.63, 3.8) is 0 Å². The summed E-state index contributed by atoms with van der Waals surface area (Å²) < 4.78 is 17.1. The topological polar surface area (TPSA) is 53.5 Å². The van der Waals surface area contributed by atoms with Gasteiger partial charge >= 0.3 is 0 Å². The van der Waals surface area contributed by atoms with Crippen LogP contribution in [0.15, 0.2) is 18.2 Å². The smallest absolute Gasteiger partial charge is 0.188 e. The molecule has 1 aromatic carbocycles. The van der Waals surface area contributed by atoms with E-state index < -0.39 is 0 Å². The highest BCUT2D eigenvalue weighted by Crippen LogP contribution is 2.48. The molecule has 5 nitrogen and oxygen atoms in total. The lowest BCUT2D eigenvalue weighted by molar-refractivity contribution is 0.0321. The second kappa shape index (κ2) is 6.48. The van der Waals surface area contributed by atoms with Crippen molar-refractivity contribution in [3.05, 3.63) is 40.0 Å². The number of nitrogens with zero attached hydrogens (tertiary/aromatic N) is 2. The summed E-state index contributed by atoms with van der Waals surface area (Å²) in [7, 11) is 1.63. The van der Waals surface area contributed by atoms with Crippen LogP contribution in [0, 0.1) is 0 Å². The molecule has 5 rings (SSSR count). The SMILES string of the molecule is COCOc1cc(C2CC2)ccc1-c1nnc(Cl)c2c1CC1CCC2O1. The Morgan fingerprint density at radius 1 is 1.19 bits per heavy atom. The van der Waals surface area contributed by atoms with Crippen molar-refractivity contribution in [2.24, 2.45) is 0 Å². The van der Waals surface area contributed by atoms with Crippen LogP contribution in [0.25, 0.3) is 11.3 Å². The van der Waals surface area contributed by atoms with Gasteiger partial charge in [0.1, 0.15) is 11.4 Å². The Morgan fingerprint density at radius 3 is 2.88 bits per heavy atom. The van der Waals surface area contributed by atoms with Gasteiger partial charge in [0.2, 0.25) is 0 Å². The summed E-state index contributed by atoms with van der Waals surface area (Å²) in [6.45, 7) is 0.207. The molecule has 2 bridgehead atoms. The lowest BCUT2D eigenvalue weighted by Crippen LogP contribution is -2.20. The molecular formula is C20H21ClN2O3. The molecule has 3 aliphatic rings. The average Bonchev–Trinajstić information content (AvgIpc) is 3.44. The summed E-state index contributed by atoms with van der Waals surface area (Å²) in [6.07, 6.45) is 5.67. The minimum Gasteiger partial charge on any atom is -0.467 e. The van der Waals surface area contributed by atoms with E-state index in [1.807, 2.05) is 0 Å². The van der Waals surface area contributed by atoms with E-state index in [0.29, 0.717) is 11.1 Å². The highest BCUT2D eigenvalue weighted by Gasteiger charge is 2.38. The van der Waals surface area contributed by atoms with E-state index in [0.717, 1.165) is 47.4 Å². The molecule has 2 aromatic rings. The quantitative estimate of drug-likeness (QED) is 0.726. The third-order valence-corrected chi connectivity index (χ3v) is 5.85. The van der Waals surface area contributed by atoms with Crippen LogP contribution in [-0.4, -0.2) is 30.2 Å². The number of hydrogen-bond donors (Lipinski definition) is 0. The molecule has 0 radical (unpaired) electrons. The molecule has 3 heterocycles. The van der Waals surface area contributed by atoms with E-state index in [2.05, 4.69) is 28.4 Å². The molecule has 2 unspecified atom stereocenters. The highest BCUT2D eigenvalue weighted by molar-refractivity contribution is 6.30. The molecule has 1 aromatic heterocycles. The minimum absolute atomic E-state index is 0.0413.